The number of amides is 2. The van der Waals surface area contributed by atoms with Crippen molar-refractivity contribution in [2.75, 3.05) is 20.2 Å². The number of nitrogens with one attached hydrogen (secondary N) is 1. The number of carbonyl (C=O) groups is 2. The van der Waals surface area contributed by atoms with Crippen LogP contribution in [0.1, 0.15) is 23.7 Å². The van der Waals surface area contributed by atoms with Gasteiger partial charge in [-0.05, 0) is 24.6 Å². The number of hydrogen-bond donors (Lipinski definition) is 1. The van der Waals surface area contributed by atoms with Crippen molar-refractivity contribution in [1.82, 2.24) is 10.2 Å². The summed E-state index contributed by atoms with van der Waals surface area (Å²) in [5.41, 5.74) is 0.316. The fraction of sp³-hybridized carbons (Fsp3) is 0.429. The number of nitrogens with zero attached hydrogens (tertiary/aromatic N) is 1. The van der Waals surface area contributed by atoms with Crippen molar-refractivity contribution < 1.29 is 18.7 Å². The zero-order valence-corrected chi connectivity index (χ0v) is 11.5. The summed E-state index contributed by atoms with van der Waals surface area (Å²) in [6, 6.07) is 3.47. The number of hydrogen-bond acceptors (Lipinski definition) is 3. The third-order valence-electron chi connectivity index (χ3n) is 3.38. The van der Waals surface area contributed by atoms with E-state index in [0.29, 0.717) is 25.1 Å². The molecule has 0 aliphatic carbocycles. The number of ether oxygens (including phenoxy) is 1. The Hall–Kier alpha value is -2.11. The molecule has 20 heavy (non-hydrogen) atoms. The molecule has 1 heterocycles. The van der Waals surface area contributed by atoms with Gasteiger partial charge in [0, 0.05) is 18.7 Å². The number of methoxy groups -OCH3 is 1. The molecule has 2 rings (SSSR count). The molecule has 1 aliphatic rings. The maximum Gasteiger partial charge on any atom is 0.254 e. The van der Waals surface area contributed by atoms with Crippen LogP contribution in [0.25, 0.3) is 0 Å². The van der Waals surface area contributed by atoms with Gasteiger partial charge in [0.15, 0.2) is 11.6 Å². The molecule has 6 heteroatoms. The molecule has 1 aromatic rings. The molecule has 0 radical (unpaired) electrons. The fourth-order valence-electron chi connectivity index (χ4n) is 2.32. The molecule has 0 spiro atoms. The SMILES string of the molecule is CCC1C(=O)NCCN1C(=O)c1ccc(F)c(OC)c1. The maximum atomic E-state index is 13.4. The van der Waals surface area contributed by atoms with E-state index in [2.05, 4.69) is 5.32 Å². The van der Waals surface area contributed by atoms with E-state index in [0.717, 1.165) is 0 Å². The van der Waals surface area contributed by atoms with Gasteiger partial charge in [-0.25, -0.2) is 4.39 Å². The van der Waals surface area contributed by atoms with Gasteiger partial charge in [0.2, 0.25) is 5.91 Å². The average molecular weight is 280 g/mol. The molecule has 2 amide bonds. The maximum absolute atomic E-state index is 13.4. The highest BCUT2D eigenvalue weighted by Crippen LogP contribution is 2.21. The van der Waals surface area contributed by atoms with Crippen LogP contribution in [0.4, 0.5) is 4.39 Å². The molecule has 1 aliphatic heterocycles. The number of rotatable bonds is 3. The van der Waals surface area contributed by atoms with Gasteiger partial charge in [-0.15, -0.1) is 0 Å². The predicted molar refractivity (Wildman–Crippen MR) is 71.1 cm³/mol. The van der Waals surface area contributed by atoms with Crippen molar-refractivity contribution in [3.05, 3.63) is 29.6 Å². The number of piperazine rings is 1. The first kappa shape index (κ1) is 14.3. The third kappa shape index (κ3) is 2.59. The molecular formula is C14H17FN2O3. The van der Waals surface area contributed by atoms with E-state index in [9.17, 15) is 14.0 Å². The number of halogens is 1. The minimum atomic E-state index is -0.521. The van der Waals surface area contributed by atoms with E-state index in [1.54, 1.807) is 0 Å². The molecule has 0 aromatic heterocycles. The Morgan fingerprint density at radius 2 is 2.30 bits per heavy atom. The lowest BCUT2D eigenvalue weighted by atomic mass is 10.1. The molecule has 1 atom stereocenters. The molecule has 5 nitrogen and oxygen atoms in total. The Kier molecular flexibility index (Phi) is 4.22. The highest BCUT2D eigenvalue weighted by Gasteiger charge is 2.32. The van der Waals surface area contributed by atoms with Crippen molar-refractivity contribution in [3.8, 4) is 5.75 Å². The van der Waals surface area contributed by atoms with Crippen LogP contribution in [0, 0.1) is 5.82 Å². The van der Waals surface area contributed by atoms with Crippen LogP contribution < -0.4 is 10.1 Å². The van der Waals surface area contributed by atoms with Crippen LogP contribution in [0.3, 0.4) is 0 Å². The summed E-state index contributed by atoms with van der Waals surface area (Å²) in [6.07, 6.45) is 0.538. The van der Waals surface area contributed by atoms with Gasteiger partial charge in [-0.2, -0.15) is 0 Å². The molecule has 0 bridgehead atoms. The van der Waals surface area contributed by atoms with E-state index < -0.39 is 11.9 Å². The Balaban J connectivity index is 2.28. The zero-order chi connectivity index (χ0) is 14.7. The van der Waals surface area contributed by atoms with Crippen molar-refractivity contribution in [2.24, 2.45) is 0 Å². The standard InChI is InChI=1S/C14H17FN2O3/c1-3-11-13(18)16-6-7-17(11)14(19)9-4-5-10(15)12(8-9)20-2/h4-5,8,11H,3,6-7H2,1-2H3,(H,16,18). The summed E-state index contributed by atoms with van der Waals surface area (Å²) >= 11 is 0. The largest absolute Gasteiger partial charge is 0.494 e. The second kappa shape index (κ2) is 5.90. The van der Waals surface area contributed by atoms with E-state index >= 15 is 0 Å². The minimum absolute atomic E-state index is 0.0189. The first-order valence-electron chi connectivity index (χ1n) is 6.50. The normalized spacial score (nSPS) is 18.6. The Labute approximate surface area is 116 Å². The summed E-state index contributed by atoms with van der Waals surface area (Å²) in [5, 5.41) is 2.73. The lowest BCUT2D eigenvalue weighted by molar-refractivity contribution is -0.127. The van der Waals surface area contributed by atoms with Crippen LogP contribution in [-0.4, -0.2) is 43.0 Å². The average Bonchev–Trinajstić information content (AvgIpc) is 2.46. The van der Waals surface area contributed by atoms with Crippen molar-refractivity contribution >= 4 is 11.8 Å². The smallest absolute Gasteiger partial charge is 0.254 e. The summed E-state index contributed by atoms with van der Waals surface area (Å²) in [5.74, 6) is -0.941. The minimum Gasteiger partial charge on any atom is -0.494 e. The Morgan fingerprint density at radius 3 is 2.95 bits per heavy atom. The molecule has 1 aromatic carbocycles. The fourth-order valence-corrected chi connectivity index (χ4v) is 2.32. The lowest BCUT2D eigenvalue weighted by Crippen LogP contribution is -2.56. The third-order valence-corrected chi connectivity index (χ3v) is 3.38. The van der Waals surface area contributed by atoms with Crippen LogP contribution in [0.5, 0.6) is 5.75 Å². The van der Waals surface area contributed by atoms with Crippen molar-refractivity contribution in [3.63, 3.8) is 0 Å². The zero-order valence-electron chi connectivity index (χ0n) is 11.5. The van der Waals surface area contributed by atoms with Crippen LogP contribution >= 0.6 is 0 Å². The molecular weight excluding hydrogens is 263 g/mol. The van der Waals surface area contributed by atoms with Gasteiger partial charge in [-0.3, -0.25) is 9.59 Å². The van der Waals surface area contributed by atoms with Crippen molar-refractivity contribution in [2.45, 2.75) is 19.4 Å². The predicted octanol–water partition coefficient (Wildman–Crippen LogP) is 1.18. The van der Waals surface area contributed by atoms with Crippen LogP contribution in [0.15, 0.2) is 18.2 Å². The summed E-state index contributed by atoms with van der Waals surface area (Å²) in [7, 11) is 1.34. The van der Waals surface area contributed by atoms with E-state index in [4.69, 9.17) is 4.74 Å². The van der Waals surface area contributed by atoms with Gasteiger partial charge in [-0.1, -0.05) is 6.92 Å². The van der Waals surface area contributed by atoms with E-state index in [1.165, 1.54) is 30.2 Å². The number of benzene rings is 1. The van der Waals surface area contributed by atoms with Crippen molar-refractivity contribution in [1.29, 1.82) is 0 Å². The highest BCUT2D eigenvalue weighted by molar-refractivity contribution is 5.98. The van der Waals surface area contributed by atoms with E-state index in [-0.39, 0.29) is 17.6 Å². The van der Waals surface area contributed by atoms with Crippen LogP contribution in [-0.2, 0) is 4.79 Å². The lowest BCUT2D eigenvalue weighted by Gasteiger charge is -2.34. The van der Waals surface area contributed by atoms with Crippen LogP contribution in [0.2, 0.25) is 0 Å². The van der Waals surface area contributed by atoms with Gasteiger partial charge in [0.1, 0.15) is 6.04 Å². The van der Waals surface area contributed by atoms with Gasteiger partial charge in [0.05, 0.1) is 7.11 Å². The molecule has 108 valence electrons. The Morgan fingerprint density at radius 1 is 1.55 bits per heavy atom. The first-order valence-corrected chi connectivity index (χ1v) is 6.50. The second-order valence-electron chi connectivity index (χ2n) is 4.56. The topological polar surface area (TPSA) is 58.6 Å². The molecule has 0 saturated carbocycles. The Bertz CT molecular complexity index is 533. The molecule has 1 fully saturated rings. The quantitative estimate of drug-likeness (QED) is 0.904. The first-order chi connectivity index (χ1) is 9.58. The van der Waals surface area contributed by atoms with Gasteiger partial charge >= 0.3 is 0 Å². The monoisotopic (exact) mass is 280 g/mol. The van der Waals surface area contributed by atoms with Gasteiger partial charge in [0.25, 0.3) is 5.91 Å². The molecule has 1 N–H and O–H groups in total. The number of carbonyl (C=O) groups excluding carboxylic acids is 2. The van der Waals surface area contributed by atoms with E-state index in [1.807, 2.05) is 6.92 Å². The molecule has 1 unspecified atom stereocenters. The molecule has 1 saturated heterocycles. The summed E-state index contributed by atoms with van der Waals surface area (Å²) in [4.78, 5) is 25.7. The summed E-state index contributed by atoms with van der Waals surface area (Å²) in [6.45, 7) is 2.73. The summed E-state index contributed by atoms with van der Waals surface area (Å²) < 4.78 is 18.2. The highest BCUT2D eigenvalue weighted by atomic mass is 19.1. The van der Waals surface area contributed by atoms with Gasteiger partial charge < -0.3 is 15.0 Å². The second-order valence-corrected chi connectivity index (χ2v) is 4.56.